The lowest BCUT2D eigenvalue weighted by atomic mass is 9.78. The SMILES string of the molecule is O=C1CC(=O)/C(=C/c2ccnc(CC3CCC(CCCc4ccc(F)cc4-c4ccco4)CC3)n2)S1. The molecule has 0 unspecified atom stereocenters. The van der Waals surface area contributed by atoms with Crippen LogP contribution in [-0.2, 0) is 22.4 Å². The molecule has 1 aliphatic heterocycles. The van der Waals surface area contributed by atoms with E-state index in [1.165, 1.54) is 25.3 Å². The summed E-state index contributed by atoms with van der Waals surface area (Å²) in [7, 11) is 0. The number of hydrogen-bond donors (Lipinski definition) is 0. The number of nitrogens with zero attached hydrogens (tertiary/aromatic N) is 2. The maximum Gasteiger partial charge on any atom is 0.201 e. The molecule has 2 aromatic heterocycles. The van der Waals surface area contributed by atoms with Crippen molar-refractivity contribution in [3.8, 4) is 11.3 Å². The summed E-state index contributed by atoms with van der Waals surface area (Å²) in [5.74, 6) is 2.44. The molecule has 0 atom stereocenters. The standard InChI is InChI=1S/C29H29FN2O3S/c30-22-11-10-21(24(16-22)26-5-2-14-35-26)4-1-3-19-6-8-20(9-7-19)15-28-31-13-12-23(32-28)17-27-25(33)18-29(34)36-27/h2,5,10-14,16-17,19-20H,1,3-4,6-9,15,18H2/b27-17-. The molecule has 0 spiro atoms. The normalized spacial score (nSPS) is 21.4. The Morgan fingerprint density at radius 2 is 1.92 bits per heavy atom. The van der Waals surface area contributed by atoms with E-state index in [-0.39, 0.29) is 23.1 Å². The highest BCUT2D eigenvalue weighted by Gasteiger charge is 2.26. The van der Waals surface area contributed by atoms with E-state index in [1.54, 1.807) is 30.7 Å². The maximum absolute atomic E-state index is 13.8. The van der Waals surface area contributed by atoms with Crippen LogP contribution in [0.2, 0.25) is 0 Å². The van der Waals surface area contributed by atoms with Crippen molar-refractivity contribution in [3.63, 3.8) is 0 Å². The van der Waals surface area contributed by atoms with E-state index in [0.29, 0.717) is 22.4 Å². The molecule has 3 aromatic rings. The second-order valence-electron chi connectivity index (χ2n) is 9.74. The number of thioether (sulfide) groups is 1. The average molecular weight is 505 g/mol. The van der Waals surface area contributed by atoms with Crippen LogP contribution in [0.15, 0.2) is 58.2 Å². The largest absolute Gasteiger partial charge is 0.464 e. The first-order valence-corrected chi connectivity index (χ1v) is 13.4. The van der Waals surface area contributed by atoms with Crippen molar-refractivity contribution in [3.05, 3.63) is 76.7 Å². The number of hydrogen-bond acceptors (Lipinski definition) is 6. The van der Waals surface area contributed by atoms with Crippen LogP contribution in [0.4, 0.5) is 4.39 Å². The van der Waals surface area contributed by atoms with Crippen LogP contribution >= 0.6 is 11.8 Å². The van der Waals surface area contributed by atoms with Gasteiger partial charge < -0.3 is 4.42 Å². The molecule has 0 radical (unpaired) electrons. The first kappa shape index (κ1) is 24.6. The van der Waals surface area contributed by atoms with Crippen LogP contribution in [0.3, 0.4) is 0 Å². The number of carbonyl (C=O) groups excluding carboxylic acids is 2. The Hall–Kier alpha value is -3.06. The van der Waals surface area contributed by atoms with Gasteiger partial charge in [0.2, 0.25) is 5.12 Å². The summed E-state index contributed by atoms with van der Waals surface area (Å²) in [4.78, 5) is 32.9. The minimum absolute atomic E-state index is 0.0211. The number of halogens is 1. The third kappa shape index (κ3) is 6.19. The van der Waals surface area contributed by atoms with Gasteiger partial charge in [-0.25, -0.2) is 14.4 Å². The Kier molecular flexibility index (Phi) is 7.75. The number of aryl methyl sites for hydroxylation is 1. The van der Waals surface area contributed by atoms with Crippen LogP contribution < -0.4 is 0 Å². The molecule has 0 N–H and O–H groups in total. The number of aromatic nitrogens is 2. The van der Waals surface area contributed by atoms with E-state index in [4.69, 9.17) is 4.42 Å². The predicted molar refractivity (Wildman–Crippen MR) is 138 cm³/mol. The fraction of sp³-hybridized carbons (Fsp3) is 0.379. The second-order valence-corrected chi connectivity index (χ2v) is 10.8. The summed E-state index contributed by atoms with van der Waals surface area (Å²) in [6.45, 7) is 0. The molecule has 2 aliphatic rings. The van der Waals surface area contributed by atoms with E-state index < -0.39 is 0 Å². The first-order valence-electron chi connectivity index (χ1n) is 12.6. The lowest BCUT2D eigenvalue weighted by Gasteiger charge is -2.28. The highest BCUT2D eigenvalue weighted by Crippen LogP contribution is 2.34. The summed E-state index contributed by atoms with van der Waals surface area (Å²) in [6.07, 6.45) is 13.8. The molecule has 3 heterocycles. The molecule has 5 rings (SSSR count). The van der Waals surface area contributed by atoms with Gasteiger partial charge in [0.1, 0.15) is 17.4 Å². The topological polar surface area (TPSA) is 73.1 Å². The molecule has 5 nitrogen and oxygen atoms in total. The molecule has 2 fully saturated rings. The number of rotatable bonds is 8. The van der Waals surface area contributed by atoms with Gasteiger partial charge in [-0.1, -0.05) is 25.3 Å². The summed E-state index contributed by atoms with van der Waals surface area (Å²) in [6, 6.07) is 10.5. The highest BCUT2D eigenvalue weighted by atomic mass is 32.2. The van der Waals surface area contributed by atoms with Crippen LogP contribution in [-0.4, -0.2) is 20.9 Å². The van der Waals surface area contributed by atoms with E-state index in [0.717, 1.165) is 66.6 Å². The maximum atomic E-state index is 13.8. The van der Waals surface area contributed by atoms with Crippen molar-refractivity contribution in [1.29, 1.82) is 0 Å². The fourth-order valence-electron chi connectivity index (χ4n) is 5.26. The molecule has 1 aliphatic carbocycles. The van der Waals surface area contributed by atoms with Crippen molar-refractivity contribution >= 4 is 28.7 Å². The summed E-state index contributed by atoms with van der Waals surface area (Å²) in [5.41, 5.74) is 2.67. The van der Waals surface area contributed by atoms with Gasteiger partial charge in [-0.15, -0.1) is 0 Å². The molecule has 1 saturated heterocycles. The summed E-state index contributed by atoms with van der Waals surface area (Å²) >= 11 is 1.01. The third-order valence-corrected chi connectivity index (χ3v) is 8.10. The predicted octanol–water partition coefficient (Wildman–Crippen LogP) is 6.82. The Bertz CT molecular complexity index is 1260. The molecular weight excluding hydrogens is 475 g/mol. The quantitative estimate of drug-likeness (QED) is 0.248. The number of ketones is 1. The number of benzene rings is 1. The zero-order chi connectivity index (χ0) is 24.9. The van der Waals surface area contributed by atoms with Crippen molar-refractivity contribution in [2.75, 3.05) is 0 Å². The Labute approximate surface area is 214 Å². The Morgan fingerprint density at radius 3 is 2.67 bits per heavy atom. The van der Waals surface area contributed by atoms with Gasteiger partial charge in [-0.05, 0) is 91.3 Å². The average Bonchev–Trinajstić information content (AvgIpc) is 3.51. The van der Waals surface area contributed by atoms with Crippen LogP contribution in [0.1, 0.15) is 62.0 Å². The van der Waals surface area contributed by atoms with Crippen LogP contribution in [0.5, 0.6) is 0 Å². The molecule has 0 bridgehead atoms. The van der Waals surface area contributed by atoms with Gasteiger partial charge in [-0.2, -0.15) is 0 Å². The van der Waals surface area contributed by atoms with E-state index >= 15 is 0 Å². The minimum atomic E-state index is -0.240. The lowest BCUT2D eigenvalue weighted by Crippen LogP contribution is -2.17. The lowest BCUT2D eigenvalue weighted by molar-refractivity contribution is -0.119. The fourth-order valence-corrected chi connectivity index (χ4v) is 6.08. The number of furan rings is 1. The van der Waals surface area contributed by atoms with Crippen molar-refractivity contribution in [2.45, 2.75) is 57.8 Å². The van der Waals surface area contributed by atoms with Crippen molar-refractivity contribution < 1.29 is 18.4 Å². The Balaban J connectivity index is 1.10. The van der Waals surface area contributed by atoms with Gasteiger partial charge in [0.15, 0.2) is 5.78 Å². The van der Waals surface area contributed by atoms with Gasteiger partial charge in [-0.3, -0.25) is 9.59 Å². The molecule has 1 saturated carbocycles. The molecule has 0 amide bonds. The van der Waals surface area contributed by atoms with Crippen molar-refractivity contribution in [2.24, 2.45) is 11.8 Å². The molecule has 7 heteroatoms. The van der Waals surface area contributed by atoms with Crippen molar-refractivity contribution in [1.82, 2.24) is 9.97 Å². The zero-order valence-corrected chi connectivity index (χ0v) is 20.9. The molecule has 1 aromatic carbocycles. The highest BCUT2D eigenvalue weighted by molar-refractivity contribution is 8.18. The minimum Gasteiger partial charge on any atom is -0.464 e. The van der Waals surface area contributed by atoms with E-state index in [9.17, 15) is 14.0 Å². The van der Waals surface area contributed by atoms with Gasteiger partial charge in [0.05, 0.1) is 23.3 Å². The second kappa shape index (κ2) is 11.3. The number of carbonyl (C=O) groups is 2. The van der Waals surface area contributed by atoms with E-state index in [2.05, 4.69) is 9.97 Å². The van der Waals surface area contributed by atoms with E-state index in [1.807, 2.05) is 18.2 Å². The molecular formula is C29H29FN2O3S. The smallest absolute Gasteiger partial charge is 0.201 e. The first-order chi connectivity index (χ1) is 17.5. The number of allylic oxidation sites excluding steroid dienone is 1. The van der Waals surface area contributed by atoms with Gasteiger partial charge in [0.25, 0.3) is 0 Å². The zero-order valence-electron chi connectivity index (χ0n) is 20.1. The van der Waals surface area contributed by atoms with Crippen LogP contribution in [0.25, 0.3) is 17.4 Å². The van der Waals surface area contributed by atoms with Gasteiger partial charge in [0, 0.05) is 18.2 Å². The monoisotopic (exact) mass is 504 g/mol. The number of Topliss-reactive ketones (excluding diaryl/α,β-unsaturated/α-hetero) is 1. The molecule has 186 valence electrons. The summed E-state index contributed by atoms with van der Waals surface area (Å²) in [5, 5.41) is -0.104. The Morgan fingerprint density at radius 1 is 1.08 bits per heavy atom. The third-order valence-electron chi connectivity index (χ3n) is 7.16. The summed E-state index contributed by atoms with van der Waals surface area (Å²) < 4.78 is 19.3. The molecule has 36 heavy (non-hydrogen) atoms. The van der Waals surface area contributed by atoms with Gasteiger partial charge >= 0.3 is 0 Å². The van der Waals surface area contributed by atoms with Crippen LogP contribution in [0, 0.1) is 17.7 Å².